The molecule has 150 valence electrons. The summed E-state index contributed by atoms with van der Waals surface area (Å²) >= 11 is 0. The Kier molecular flexibility index (Phi) is 4.30. The minimum absolute atomic E-state index is 0.211. The molecule has 1 spiro atoms. The number of nitrogens with two attached hydrogens (primary N) is 1. The smallest absolute Gasteiger partial charge is 0.160 e. The van der Waals surface area contributed by atoms with Crippen LogP contribution in [0, 0.1) is 6.92 Å². The second kappa shape index (κ2) is 6.72. The fourth-order valence-corrected chi connectivity index (χ4v) is 4.58. The lowest BCUT2D eigenvalue weighted by molar-refractivity contribution is -0.0908. The zero-order valence-electron chi connectivity index (χ0n) is 16.5. The second-order valence-corrected chi connectivity index (χ2v) is 8.17. The third-order valence-corrected chi connectivity index (χ3v) is 6.08. The lowest BCUT2D eigenvalue weighted by Gasteiger charge is -2.39. The predicted molar refractivity (Wildman–Crippen MR) is 108 cm³/mol. The first-order valence-corrected chi connectivity index (χ1v) is 10.2. The van der Waals surface area contributed by atoms with Crippen molar-refractivity contribution in [3.63, 3.8) is 0 Å². The molecule has 2 fully saturated rings. The molecule has 0 amide bonds. The Balaban J connectivity index is 1.60. The largest absolute Gasteiger partial charge is 0.381 e. The number of hydroxylamine groups is 1. The summed E-state index contributed by atoms with van der Waals surface area (Å²) in [6.45, 7) is 6.51. The van der Waals surface area contributed by atoms with E-state index in [0.29, 0.717) is 6.04 Å². The van der Waals surface area contributed by atoms with Crippen LogP contribution in [-0.4, -0.2) is 45.7 Å². The molecule has 1 saturated heterocycles. The van der Waals surface area contributed by atoms with Crippen LogP contribution in [0.15, 0.2) is 12.3 Å². The molecule has 2 aromatic rings. The maximum absolute atomic E-state index is 6.00. The summed E-state index contributed by atoms with van der Waals surface area (Å²) in [4.78, 5) is 10.7. The molecule has 0 unspecified atom stereocenters. The van der Waals surface area contributed by atoms with Gasteiger partial charge >= 0.3 is 0 Å². The zero-order chi connectivity index (χ0) is 19.3. The fraction of sp³-hybridized carbons (Fsp3) is 0.600. The number of aromatic nitrogens is 3. The molecule has 4 heterocycles. The van der Waals surface area contributed by atoms with Gasteiger partial charge in [0.1, 0.15) is 5.60 Å². The van der Waals surface area contributed by atoms with Crippen LogP contribution in [0.4, 0.5) is 5.69 Å². The highest BCUT2D eigenvalue weighted by Gasteiger charge is 2.46. The molecule has 0 aromatic carbocycles. The average Bonchev–Trinajstić information content (AvgIpc) is 3.25. The Labute approximate surface area is 164 Å². The van der Waals surface area contributed by atoms with Gasteiger partial charge in [0.05, 0.1) is 22.5 Å². The van der Waals surface area contributed by atoms with Crippen molar-refractivity contribution in [1.82, 2.24) is 20.2 Å². The molecule has 2 aromatic heterocycles. The monoisotopic (exact) mass is 384 g/mol. The number of aryl methyl sites for hydroxylation is 2. The Morgan fingerprint density at radius 2 is 2.14 bits per heavy atom. The Hall–Kier alpha value is -2.16. The number of ether oxygens (including phenoxy) is 1. The molecule has 4 N–H and O–H groups in total. The third-order valence-electron chi connectivity index (χ3n) is 6.08. The Morgan fingerprint density at radius 1 is 1.36 bits per heavy atom. The van der Waals surface area contributed by atoms with Crippen LogP contribution >= 0.6 is 0 Å². The molecule has 3 aliphatic rings. The number of anilines is 1. The first-order valence-electron chi connectivity index (χ1n) is 10.2. The third kappa shape index (κ3) is 2.87. The zero-order valence-corrected chi connectivity index (χ0v) is 16.5. The van der Waals surface area contributed by atoms with Crippen molar-refractivity contribution in [3.8, 4) is 0 Å². The topological polar surface area (TPSA) is 99.2 Å². The summed E-state index contributed by atoms with van der Waals surface area (Å²) < 4.78 is 7.50. The van der Waals surface area contributed by atoms with Crippen molar-refractivity contribution in [3.05, 3.63) is 23.5 Å². The molecular weight excluding hydrogens is 356 g/mol. The van der Waals surface area contributed by atoms with Crippen molar-refractivity contribution in [2.75, 3.05) is 18.5 Å². The van der Waals surface area contributed by atoms with E-state index in [9.17, 15) is 0 Å². The molecular formula is C20H28N6O2. The van der Waals surface area contributed by atoms with Gasteiger partial charge in [-0.1, -0.05) is 0 Å². The van der Waals surface area contributed by atoms with Crippen molar-refractivity contribution < 1.29 is 9.57 Å². The summed E-state index contributed by atoms with van der Waals surface area (Å²) in [6, 6.07) is 0.583. The first-order chi connectivity index (χ1) is 13.6. The van der Waals surface area contributed by atoms with Gasteiger partial charge in [-0.15, -0.1) is 0 Å². The van der Waals surface area contributed by atoms with E-state index in [0.717, 1.165) is 79.1 Å². The molecule has 0 bridgehead atoms. The van der Waals surface area contributed by atoms with E-state index >= 15 is 0 Å². The molecule has 1 aliphatic carbocycles. The number of rotatable bonds is 4. The van der Waals surface area contributed by atoms with Crippen molar-refractivity contribution >= 4 is 22.4 Å². The summed E-state index contributed by atoms with van der Waals surface area (Å²) in [5.74, 6) is 0. The molecule has 1 saturated carbocycles. The molecule has 0 atom stereocenters. The highest BCUT2D eigenvalue weighted by atomic mass is 16.7. The summed E-state index contributed by atoms with van der Waals surface area (Å²) in [6.07, 6.45) is 7.77. The van der Waals surface area contributed by atoms with E-state index in [1.54, 1.807) is 0 Å². The summed E-state index contributed by atoms with van der Waals surface area (Å²) in [5.41, 5.74) is 13.8. The van der Waals surface area contributed by atoms with Gasteiger partial charge in [-0.2, -0.15) is 5.10 Å². The SMILES string of the molecule is CCn1nc(C)c2c(NC3CCOCC3)c(C3=CC4(CC(N)C4)ON3)cnc21. The van der Waals surface area contributed by atoms with Gasteiger partial charge in [0.2, 0.25) is 0 Å². The maximum Gasteiger partial charge on any atom is 0.160 e. The van der Waals surface area contributed by atoms with Crippen LogP contribution in [-0.2, 0) is 16.1 Å². The standard InChI is InChI=1S/C20H28N6O2/c1-3-26-19-17(12(2)24-26)18(23-14-4-6-27-7-5-14)15(11-22-19)16-10-20(28-25-16)8-13(21)9-20/h10-11,13-14,25H,3-9,21H2,1-2H3,(H,22,23). The number of fused-ring (bicyclic) bond motifs is 1. The van der Waals surface area contributed by atoms with Gasteiger partial charge in [-0.25, -0.2) is 9.67 Å². The molecule has 2 aliphatic heterocycles. The Bertz CT molecular complexity index is 924. The van der Waals surface area contributed by atoms with Gasteiger partial charge < -0.3 is 15.8 Å². The average molecular weight is 384 g/mol. The molecule has 8 heteroatoms. The van der Waals surface area contributed by atoms with Gasteiger partial charge in [0.25, 0.3) is 0 Å². The quantitative estimate of drug-likeness (QED) is 0.742. The highest BCUT2D eigenvalue weighted by Crippen LogP contribution is 2.43. The number of hydrogen-bond acceptors (Lipinski definition) is 7. The molecule has 8 nitrogen and oxygen atoms in total. The lowest BCUT2D eigenvalue weighted by atomic mass is 9.76. The van der Waals surface area contributed by atoms with Crippen LogP contribution < -0.4 is 16.5 Å². The Morgan fingerprint density at radius 3 is 2.86 bits per heavy atom. The molecule has 0 radical (unpaired) electrons. The minimum Gasteiger partial charge on any atom is -0.381 e. The molecule has 28 heavy (non-hydrogen) atoms. The number of nitrogens with one attached hydrogen (secondary N) is 2. The van der Waals surface area contributed by atoms with Gasteiger partial charge in [-0.05, 0) is 45.6 Å². The van der Waals surface area contributed by atoms with E-state index in [1.807, 2.05) is 10.9 Å². The highest BCUT2D eigenvalue weighted by molar-refractivity contribution is 5.97. The van der Waals surface area contributed by atoms with Gasteiger partial charge in [-0.3, -0.25) is 10.3 Å². The second-order valence-electron chi connectivity index (χ2n) is 8.17. The summed E-state index contributed by atoms with van der Waals surface area (Å²) in [7, 11) is 0. The number of pyridine rings is 1. The number of hydrogen-bond donors (Lipinski definition) is 3. The predicted octanol–water partition coefficient (Wildman–Crippen LogP) is 2.09. The lowest BCUT2D eigenvalue weighted by Crippen LogP contribution is -2.51. The molecule has 5 rings (SSSR count). The van der Waals surface area contributed by atoms with E-state index in [4.69, 9.17) is 25.4 Å². The van der Waals surface area contributed by atoms with Crippen LogP contribution in [0.25, 0.3) is 16.7 Å². The number of nitrogens with zero attached hydrogens (tertiary/aromatic N) is 3. The van der Waals surface area contributed by atoms with Crippen LogP contribution in [0.3, 0.4) is 0 Å². The van der Waals surface area contributed by atoms with Crippen molar-refractivity contribution in [1.29, 1.82) is 0 Å². The van der Waals surface area contributed by atoms with Crippen LogP contribution in [0.1, 0.15) is 43.9 Å². The maximum atomic E-state index is 6.00. The van der Waals surface area contributed by atoms with Gasteiger partial charge in [0, 0.05) is 43.6 Å². The van der Waals surface area contributed by atoms with Crippen LogP contribution in [0.5, 0.6) is 0 Å². The van der Waals surface area contributed by atoms with E-state index in [1.165, 1.54) is 0 Å². The van der Waals surface area contributed by atoms with E-state index < -0.39 is 0 Å². The van der Waals surface area contributed by atoms with Gasteiger partial charge in [0.15, 0.2) is 5.65 Å². The van der Waals surface area contributed by atoms with Crippen molar-refractivity contribution in [2.45, 2.75) is 63.8 Å². The summed E-state index contributed by atoms with van der Waals surface area (Å²) in [5, 5.41) is 9.57. The van der Waals surface area contributed by atoms with E-state index in [-0.39, 0.29) is 11.6 Å². The van der Waals surface area contributed by atoms with Crippen LogP contribution in [0.2, 0.25) is 0 Å². The normalized spacial score (nSPS) is 27.7. The fourth-order valence-electron chi connectivity index (χ4n) is 4.58. The first kappa shape index (κ1) is 17.9. The minimum atomic E-state index is -0.275. The van der Waals surface area contributed by atoms with E-state index in [2.05, 4.69) is 30.7 Å². The van der Waals surface area contributed by atoms with Crippen molar-refractivity contribution in [2.24, 2.45) is 5.73 Å².